The molecule has 1 saturated heterocycles. The average molecular weight is 228 g/mol. The SMILES string of the molecule is CN1CCCC(C(N)C(C)(C)CC(=O)O)C1. The average Bonchev–Trinajstić information content (AvgIpc) is 2.14. The standard InChI is InChI=1S/C12H24N2O2/c1-12(2,7-10(15)16)11(13)9-5-4-6-14(3)8-9/h9,11H,4-8,13H2,1-3H3,(H,15,16). The Morgan fingerprint density at radius 1 is 1.62 bits per heavy atom. The number of carboxylic acid groups (broad SMARTS) is 1. The van der Waals surface area contributed by atoms with Crippen LogP contribution in [0.4, 0.5) is 0 Å². The second-order valence-corrected chi connectivity index (χ2v) is 5.75. The highest BCUT2D eigenvalue weighted by Gasteiger charge is 2.35. The van der Waals surface area contributed by atoms with Crippen LogP contribution in [0.1, 0.15) is 33.1 Å². The molecule has 0 aromatic rings. The first-order valence-electron chi connectivity index (χ1n) is 5.99. The van der Waals surface area contributed by atoms with Gasteiger partial charge in [0.1, 0.15) is 0 Å². The summed E-state index contributed by atoms with van der Waals surface area (Å²) >= 11 is 0. The topological polar surface area (TPSA) is 66.6 Å². The van der Waals surface area contributed by atoms with Gasteiger partial charge in [-0.1, -0.05) is 13.8 Å². The Balaban J connectivity index is 2.60. The summed E-state index contributed by atoms with van der Waals surface area (Å²) in [4.78, 5) is 13.1. The fraction of sp³-hybridized carbons (Fsp3) is 0.917. The summed E-state index contributed by atoms with van der Waals surface area (Å²) in [5.74, 6) is -0.335. The molecule has 2 unspecified atom stereocenters. The number of piperidine rings is 1. The van der Waals surface area contributed by atoms with Crippen molar-refractivity contribution in [2.24, 2.45) is 17.1 Å². The summed E-state index contributed by atoms with van der Waals surface area (Å²) in [5.41, 5.74) is 5.92. The van der Waals surface area contributed by atoms with Crippen LogP contribution in [0.25, 0.3) is 0 Å². The summed E-state index contributed by atoms with van der Waals surface area (Å²) in [6, 6.07) is -0.0358. The summed E-state index contributed by atoms with van der Waals surface area (Å²) in [6.07, 6.45) is 2.43. The van der Waals surface area contributed by atoms with Crippen LogP contribution in [0.5, 0.6) is 0 Å². The van der Waals surface area contributed by atoms with E-state index in [-0.39, 0.29) is 17.9 Å². The molecule has 1 rings (SSSR count). The van der Waals surface area contributed by atoms with E-state index in [1.54, 1.807) is 0 Å². The zero-order valence-electron chi connectivity index (χ0n) is 10.6. The Bertz CT molecular complexity index is 253. The Hall–Kier alpha value is -0.610. The molecule has 0 amide bonds. The number of carboxylic acids is 1. The van der Waals surface area contributed by atoms with Crippen LogP contribution >= 0.6 is 0 Å². The maximum Gasteiger partial charge on any atom is 0.303 e. The molecule has 2 atom stereocenters. The number of hydrogen-bond acceptors (Lipinski definition) is 3. The van der Waals surface area contributed by atoms with Gasteiger partial charge >= 0.3 is 5.97 Å². The predicted octanol–water partition coefficient (Wildman–Crippen LogP) is 1.16. The van der Waals surface area contributed by atoms with Crippen LogP contribution in [0.2, 0.25) is 0 Å². The molecule has 0 saturated carbocycles. The van der Waals surface area contributed by atoms with Gasteiger partial charge in [0.05, 0.1) is 6.42 Å². The monoisotopic (exact) mass is 228 g/mol. The van der Waals surface area contributed by atoms with Gasteiger partial charge in [-0.25, -0.2) is 0 Å². The maximum atomic E-state index is 10.8. The van der Waals surface area contributed by atoms with Crippen molar-refractivity contribution >= 4 is 5.97 Å². The van der Waals surface area contributed by atoms with Gasteiger partial charge < -0.3 is 15.7 Å². The lowest BCUT2D eigenvalue weighted by Crippen LogP contribution is -2.49. The molecule has 94 valence electrons. The number of likely N-dealkylation sites (tertiary alicyclic amines) is 1. The quantitative estimate of drug-likeness (QED) is 0.757. The maximum absolute atomic E-state index is 10.8. The lowest BCUT2D eigenvalue weighted by molar-refractivity contribution is -0.139. The first-order chi connectivity index (χ1) is 7.33. The van der Waals surface area contributed by atoms with E-state index in [9.17, 15) is 4.79 Å². The van der Waals surface area contributed by atoms with Gasteiger partial charge in [0.15, 0.2) is 0 Å². The van der Waals surface area contributed by atoms with E-state index in [1.807, 2.05) is 13.8 Å². The highest BCUT2D eigenvalue weighted by atomic mass is 16.4. The molecule has 0 aromatic heterocycles. The molecular formula is C12H24N2O2. The minimum Gasteiger partial charge on any atom is -0.481 e. The largest absolute Gasteiger partial charge is 0.481 e. The molecule has 0 bridgehead atoms. The van der Waals surface area contributed by atoms with Gasteiger partial charge in [-0.2, -0.15) is 0 Å². The molecule has 0 spiro atoms. The molecule has 0 radical (unpaired) electrons. The molecule has 4 nitrogen and oxygen atoms in total. The zero-order valence-corrected chi connectivity index (χ0v) is 10.6. The fourth-order valence-electron chi connectivity index (χ4n) is 2.65. The van der Waals surface area contributed by atoms with Gasteiger partial charge in [-0.05, 0) is 37.8 Å². The van der Waals surface area contributed by atoms with Crippen LogP contribution in [0.15, 0.2) is 0 Å². The smallest absolute Gasteiger partial charge is 0.303 e. The van der Waals surface area contributed by atoms with E-state index in [0.29, 0.717) is 5.92 Å². The highest BCUT2D eigenvalue weighted by molar-refractivity contribution is 5.67. The molecule has 1 fully saturated rings. The normalized spacial score (nSPS) is 25.4. The molecule has 3 N–H and O–H groups in total. The van der Waals surface area contributed by atoms with Crippen molar-refractivity contribution in [3.05, 3.63) is 0 Å². The van der Waals surface area contributed by atoms with E-state index < -0.39 is 5.97 Å². The van der Waals surface area contributed by atoms with Crippen molar-refractivity contribution in [3.63, 3.8) is 0 Å². The van der Waals surface area contributed by atoms with Gasteiger partial charge in [0.2, 0.25) is 0 Å². The number of rotatable bonds is 4. The zero-order chi connectivity index (χ0) is 12.3. The Kier molecular flexibility index (Phi) is 4.33. The Labute approximate surface area is 97.8 Å². The first kappa shape index (κ1) is 13.5. The summed E-state index contributed by atoms with van der Waals surface area (Å²) < 4.78 is 0. The molecule has 4 heteroatoms. The minimum absolute atomic E-state index is 0.0358. The third-order valence-corrected chi connectivity index (χ3v) is 3.68. The molecule has 1 aliphatic heterocycles. The van der Waals surface area contributed by atoms with E-state index >= 15 is 0 Å². The summed E-state index contributed by atoms with van der Waals surface area (Å²) in [6.45, 7) is 6.04. The van der Waals surface area contributed by atoms with Gasteiger partial charge in [-0.3, -0.25) is 4.79 Å². The third kappa shape index (κ3) is 3.46. The van der Waals surface area contributed by atoms with Gasteiger partial charge in [-0.15, -0.1) is 0 Å². The van der Waals surface area contributed by atoms with Crippen LogP contribution < -0.4 is 5.73 Å². The molecule has 1 heterocycles. The lowest BCUT2D eigenvalue weighted by atomic mass is 9.73. The number of hydrogen-bond donors (Lipinski definition) is 2. The van der Waals surface area contributed by atoms with Crippen LogP contribution in [0, 0.1) is 11.3 Å². The van der Waals surface area contributed by atoms with Gasteiger partial charge in [0.25, 0.3) is 0 Å². The van der Waals surface area contributed by atoms with E-state index in [1.165, 1.54) is 0 Å². The molecular weight excluding hydrogens is 204 g/mol. The van der Waals surface area contributed by atoms with E-state index in [4.69, 9.17) is 10.8 Å². The van der Waals surface area contributed by atoms with E-state index in [2.05, 4.69) is 11.9 Å². The summed E-state index contributed by atoms with van der Waals surface area (Å²) in [7, 11) is 2.10. The molecule has 0 aromatic carbocycles. The van der Waals surface area contributed by atoms with Crippen molar-refractivity contribution in [2.45, 2.75) is 39.2 Å². The number of nitrogens with zero attached hydrogens (tertiary/aromatic N) is 1. The van der Waals surface area contributed by atoms with Crippen molar-refractivity contribution in [3.8, 4) is 0 Å². The number of carbonyl (C=O) groups is 1. The van der Waals surface area contributed by atoms with Gasteiger partial charge in [0, 0.05) is 12.6 Å². The predicted molar refractivity (Wildman–Crippen MR) is 64.2 cm³/mol. The molecule has 1 aliphatic rings. The van der Waals surface area contributed by atoms with Crippen molar-refractivity contribution in [1.82, 2.24) is 4.90 Å². The van der Waals surface area contributed by atoms with Crippen molar-refractivity contribution in [2.75, 3.05) is 20.1 Å². The molecule has 16 heavy (non-hydrogen) atoms. The van der Waals surface area contributed by atoms with Crippen LogP contribution in [-0.4, -0.2) is 42.2 Å². The Morgan fingerprint density at radius 3 is 2.75 bits per heavy atom. The first-order valence-corrected chi connectivity index (χ1v) is 5.99. The second-order valence-electron chi connectivity index (χ2n) is 5.75. The van der Waals surface area contributed by atoms with Crippen molar-refractivity contribution < 1.29 is 9.90 Å². The lowest BCUT2D eigenvalue weighted by Gasteiger charge is -2.40. The molecule has 0 aliphatic carbocycles. The third-order valence-electron chi connectivity index (χ3n) is 3.68. The summed E-state index contributed by atoms with van der Waals surface area (Å²) in [5, 5.41) is 8.88. The Morgan fingerprint density at radius 2 is 2.25 bits per heavy atom. The second kappa shape index (κ2) is 5.15. The number of aliphatic carboxylic acids is 1. The van der Waals surface area contributed by atoms with E-state index in [0.717, 1.165) is 25.9 Å². The fourth-order valence-corrected chi connectivity index (χ4v) is 2.65. The number of nitrogens with two attached hydrogens (primary N) is 1. The minimum atomic E-state index is -0.760. The highest BCUT2D eigenvalue weighted by Crippen LogP contribution is 2.32. The van der Waals surface area contributed by atoms with Crippen LogP contribution in [0.3, 0.4) is 0 Å². The van der Waals surface area contributed by atoms with Crippen LogP contribution in [-0.2, 0) is 4.79 Å². The van der Waals surface area contributed by atoms with Crippen molar-refractivity contribution in [1.29, 1.82) is 0 Å².